The third-order valence-corrected chi connectivity index (χ3v) is 0.546. The topological polar surface area (TPSA) is 43.4 Å². The van der Waals surface area contributed by atoms with Gasteiger partial charge in [0.2, 0.25) is 0 Å². The number of carbonyl (C=O) groups excluding carboxylic acids is 2. The van der Waals surface area contributed by atoms with Crippen LogP contribution in [0.1, 0.15) is 20.3 Å². The van der Waals surface area contributed by atoms with Gasteiger partial charge < -0.3 is 4.74 Å². The molecule has 0 spiro atoms. The van der Waals surface area contributed by atoms with E-state index in [2.05, 4.69) is 4.74 Å². The van der Waals surface area contributed by atoms with Crippen molar-refractivity contribution in [2.45, 2.75) is 20.3 Å². The molecule has 0 aromatic heterocycles. The Morgan fingerprint density at radius 3 is 2.00 bits per heavy atom. The zero-order valence-corrected chi connectivity index (χ0v) is 6.24. The Balaban J connectivity index is 0. The molecule has 0 amide bonds. The molecular weight excluding hydrogens is 167 g/mol. The van der Waals surface area contributed by atoms with E-state index in [-0.39, 0.29) is 22.9 Å². The van der Waals surface area contributed by atoms with Gasteiger partial charge in [-0.3, -0.25) is 9.59 Å². The number of ether oxygens (including phenoxy) is 1. The molecule has 0 fully saturated rings. The molecule has 4 heteroatoms. The van der Waals surface area contributed by atoms with Gasteiger partial charge in [0.15, 0.2) is 0 Å². The molecule has 0 heterocycles. The van der Waals surface area contributed by atoms with E-state index < -0.39 is 11.9 Å². The second-order valence-electron chi connectivity index (χ2n) is 1.32. The van der Waals surface area contributed by atoms with Gasteiger partial charge in [0, 0.05) is 29.8 Å². The van der Waals surface area contributed by atoms with Crippen molar-refractivity contribution in [3.05, 3.63) is 0 Å². The fourth-order valence-corrected chi connectivity index (χ4v) is 0.232. The summed E-state index contributed by atoms with van der Waals surface area (Å²) in [5, 5.41) is 0. The Kier molecular flexibility index (Phi) is 7.32. The molecule has 0 aromatic carbocycles. The maximum absolute atomic E-state index is 10.2. The average molecular weight is 175 g/mol. The fourth-order valence-electron chi connectivity index (χ4n) is 0.232. The molecule has 0 saturated heterocycles. The Morgan fingerprint density at radius 1 is 1.44 bits per heavy atom. The number of esters is 2. The van der Waals surface area contributed by atoms with Crippen molar-refractivity contribution in [2.24, 2.45) is 0 Å². The van der Waals surface area contributed by atoms with Crippen LogP contribution in [0.2, 0.25) is 0 Å². The SMILES string of the molecule is CCC(=O)OC(C)=O.[Ni]. The van der Waals surface area contributed by atoms with Crippen LogP contribution in [0.3, 0.4) is 0 Å². The minimum atomic E-state index is -0.545. The number of rotatable bonds is 1. The Morgan fingerprint density at radius 2 is 1.89 bits per heavy atom. The Labute approximate surface area is 63.7 Å². The molecule has 0 rings (SSSR count). The molecule has 0 atom stereocenters. The van der Waals surface area contributed by atoms with Gasteiger partial charge in [-0.25, -0.2) is 0 Å². The van der Waals surface area contributed by atoms with E-state index in [1.54, 1.807) is 6.92 Å². The van der Waals surface area contributed by atoms with E-state index in [0.717, 1.165) is 0 Å². The quantitative estimate of drug-likeness (QED) is 0.330. The predicted molar refractivity (Wildman–Crippen MR) is 27.1 cm³/mol. The summed E-state index contributed by atoms with van der Waals surface area (Å²) in [5.41, 5.74) is 0. The molecule has 56 valence electrons. The third kappa shape index (κ3) is 7.63. The van der Waals surface area contributed by atoms with Gasteiger partial charge in [-0.15, -0.1) is 0 Å². The van der Waals surface area contributed by atoms with Gasteiger partial charge in [-0.1, -0.05) is 6.92 Å². The predicted octanol–water partition coefficient (Wildman–Crippen LogP) is 0.484. The summed E-state index contributed by atoms with van der Waals surface area (Å²) < 4.78 is 4.12. The largest absolute Gasteiger partial charge is 0.393 e. The maximum Gasteiger partial charge on any atom is 0.313 e. The second-order valence-corrected chi connectivity index (χ2v) is 1.32. The van der Waals surface area contributed by atoms with Crippen LogP contribution in [-0.2, 0) is 30.8 Å². The van der Waals surface area contributed by atoms with E-state index in [1.807, 2.05) is 0 Å². The molecule has 9 heavy (non-hydrogen) atoms. The first-order valence-corrected chi connectivity index (χ1v) is 2.38. The monoisotopic (exact) mass is 174 g/mol. The molecule has 0 aliphatic rings. The van der Waals surface area contributed by atoms with E-state index >= 15 is 0 Å². The van der Waals surface area contributed by atoms with Crippen molar-refractivity contribution < 1.29 is 30.8 Å². The van der Waals surface area contributed by atoms with Crippen LogP contribution in [0.15, 0.2) is 0 Å². The summed E-state index contributed by atoms with van der Waals surface area (Å²) in [5.74, 6) is -1.02. The first kappa shape index (κ1) is 11.4. The first-order chi connectivity index (χ1) is 3.66. The molecule has 3 nitrogen and oxygen atoms in total. The van der Waals surface area contributed by atoms with Crippen LogP contribution in [0, 0.1) is 0 Å². The molecule has 0 radical (unpaired) electrons. The average Bonchev–Trinajstić information content (AvgIpc) is 1.65. The molecule has 0 N–H and O–H groups in total. The summed E-state index contributed by atoms with van der Waals surface area (Å²) in [6, 6.07) is 0. The summed E-state index contributed by atoms with van der Waals surface area (Å²) in [7, 11) is 0. The van der Waals surface area contributed by atoms with Crippen molar-refractivity contribution >= 4 is 11.9 Å². The normalized spacial score (nSPS) is 7.33. The van der Waals surface area contributed by atoms with Crippen LogP contribution in [0.5, 0.6) is 0 Å². The van der Waals surface area contributed by atoms with Crippen molar-refractivity contribution in [1.82, 2.24) is 0 Å². The molecule has 0 aliphatic carbocycles. The maximum atomic E-state index is 10.2. The molecule has 0 unspecified atom stereocenters. The molecular formula is C5H8NiO3. The van der Waals surface area contributed by atoms with E-state index in [1.165, 1.54) is 6.92 Å². The van der Waals surface area contributed by atoms with Crippen LogP contribution in [0.25, 0.3) is 0 Å². The number of hydrogen-bond acceptors (Lipinski definition) is 3. The number of hydrogen-bond donors (Lipinski definition) is 0. The van der Waals surface area contributed by atoms with Crippen LogP contribution in [0.4, 0.5) is 0 Å². The van der Waals surface area contributed by atoms with Crippen molar-refractivity contribution in [3.8, 4) is 0 Å². The summed E-state index contributed by atoms with van der Waals surface area (Å²) in [6.45, 7) is 2.83. The van der Waals surface area contributed by atoms with Gasteiger partial charge in [-0.2, -0.15) is 0 Å². The van der Waals surface area contributed by atoms with E-state index in [4.69, 9.17) is 0 Å². The zero-order chi connectivity index (χ0) is 6.57. The fraction of sp³-hybridized carbons (Fsp3) is 0.600. The van der Waals surface area contributed by atoms with E-state index in [0.29, 0.717) is 0 Å². The van der Waals surface area contributed by atoms with Gasteiger partial charge in [0.05, 0.1) is 0 Å². The van der Waals surface area contributed by atoms with Crippen molar-refractivity contribution in [1.29, 1.82) is 0 Å². The molecule has 0 saturated carbocycles. The van der Waals surface area contributed by atoms with Crippen LogP contribution >= 0.6 is 0 Å². The third-order valence-electron chi connectivity index (χ3n) is 0.546. The Bertz CT molecular complexity index is 111. The standard InChI is InChI=1S/C5H8O3.Ni/c1-3-5(7)8-4(2)6;/h3H2,1-2H3;. The van der Waals surface area contributed by atoms with Gasteiger partial charge in [-0.05, 0) is 0 Å². The molecule has 0 aliphatic heterocycles. The summed E-state index contributed by atoms with van der Waals surface area (Å²) in [4.78, 5) is 20.1. The van der Waals surface area contributed by atoms with Crippen LogP contribution < -0.4 is 0 Å². The summed E-state index contributed by atoms with van der Waals surface area (Å²) >= 11 is 0. The molecule has 0 bridgehead atoms. The zero-order valence-electron chi connectivity index (χ0n) is 5.25. The van der Waals surface area contributed by atoms with E-state index in [9.17, 15) is 9.59 Å². The summed E-state index contributed by atoms with van der Waals surface area (Å²) in [6.07, 6.45) is 0.250. The minimum Gasteiger partial charge on any atom is -0.393 e. The smallest absolute Gasteiger partial charge is 0.313 e. The first-order valence-electron chi connectivity index (χ1n) is 2.38. The Hall–Kier alpha value is -0.366. The van der Waals surface area contributed by atoms with Gasteiger partial charge in [0.1, 0.15) is 0 Å². The second kappa shape index (κ2) is 5.76. The van der Waals surface area contributed by atoms with Crippen molar-refractivity contribution in [3.63, 3.8) is 0 Å². The molecule has 0 aromatic rings. The van der Waals surface area contributed by atoms with Gasteiger partial charge >= 0.3 is 11.9 Å². The number of carbonyl (C=O) groups is 2. The van der Waals surface area contributed by atoms with Gasteiger partial charge in [0.25, 0.3) is 0 Å². The van der Waals surface area contributed by atoms with Crippen molar-refractivity contribution in [2.75, 3.05) is 0 Å². The minimum absolute atomic E-state index is 0. The van der Waals surface area contributed by atoms with Crippen LogP contribution in [-0.4, -0.2) is 11.9 Å².